The largest absolute Gasteiger partial charge is 0.379 e. The van der Waals surface area contributed by atoms with Gasteiger partial charge in [0.2, 0.25) is 5.95 Å². The maximum Gasteiger partial charge on any atom is 0.229 e. The Morgan fingerprint density at radius 2 is 1.64 bits per heavy atom. The van der Waals surface area contributed by atoms with Gasteiger partial charge in [-0.15, -0.1) is 0 Å². The Kier molecular flexibility index (Phi) is 6.27. The number of nitrogens with zero attached hydrogens (tertiary/aromatic N) is 7. The van der Waals surface area contributed by atoms with Gasteiger partial charge in [-0.3, -0.25) is 4.90 Å². The lowest BCUT2D eigenvalue weighted by molar-refractivity contribution is 0.0398. The van der Waals surface area contributed by atoms with E-state index in [1.165, 1.54) is 0 Å². The summed E-state index contributed by atoms with van der Waals surface area (Å²) in [4.78, 5) is 24.8. The van der Waals surface area contributed by atoms with E-state index in [2.05, 4.69) is 42.0 Å². The van der Waals surface area contributed by atoms with Crippen LogP contribution in [0.3, 0.4) is 0 Å². The van der Waals surface area contributed by atoms with E-state index in [0.29, 0.717) is 22.9 Å². The van der Waals surface area contributed by atoms with Crippen LogP contribution < -0.4 is 10.2 Å². The summed E-state index contributed by atoms with van der Waals surface area (Å²) in [6.07, 6.45) is 0. The summed E-state index contributed by atoms with van der Waals surface area (Å²) >= 11 is 12.2. The molecule has 28 heavy (non-hydrogen) atoms. The van der Waals surface area contributed by atoms with Gasteiger partial charge in [-0.25, -0.2) is 9.97 Å². The molecule has 0 bridgehead atoms. The highest BCUT2D eigenvalue weighted by atomic mass is 35.5. The fraction of sp³-hybridized carbons (Fsp3) is 0.647. The number of nitrogens with one attached hydrogen (secondary N) is 1. The van der Waals surface area contributed by atoms with Crippen LogP contribution in [0.1, 0.15) is 0 Å². The van der Waals surface area contributed by atoms with Crippen LogP contribution in [0.4, 0.5) is 11.8 Å². The van der Waals surface area contributed by atoms with Crippen LogP contribution in [0.5, 0.6) is 0 Å². The van der Waals surface area contributed by atoms with Gasteiger partial charge >= 0.3 is 0 Å². The van der Waals surface area contributed by atoms with Gasteiger partial charge in [0, 0.05) is 52.4 Å². The lowest BCUT2D eigenvalue weighted by atomic mass is 10.3. The molecule has 2 saturated heterocycles. The second-order valence-electron chi connectivity index (χ2n) is 7.02. The van der Waals surface area contributed by atoms with Crippen molar-refractivity contribution in [3.05, 3.63) is 10.3 Å². The zero-order chi connectivity index (χ0) is 19.5. The van der Waals surface area contributed by atoms with Gasteiger partial charge in [-0.1, -0.05) is 23.2 Å². The topological polar surface area (TPSA) is 82.5 Å². The van der Waals surface area contributed by atoms with Crippen molar-refractivity contribution in [2.75, 3.05) is 82.8 Å². The van der Waals surface area contributed by atoms with E-state index in [-0.39, 0.29) is 10.3 Å². The number of likely N-dealkylation sites (N-methyl/N-ethyl adjacent to an activating group) is 1. The summed E-state index contributed by atoms with van der Waals surface area (Å²) in [5.41, 5.74) is 0.987. The van der Waals surface area contributed by atoms with E-state index in [0.717, 1.165) is 65.6 Å². The number of hydrogen-bond donors (Lipinski definition) is 1. The van der Waals surface area contributed by atoms with E-state index in [1.54, 1.807) is 0 Å². The highest BCUT2D eigenvalue weighted by Gasteiger charge is 2.20. The van der Waals surface area contributed by atoms with Crippen molar-refractivity contribution < 1.29 is 4.74 Å². The number of hydrogen-bond acceptors (Lipinski definition) is 9. The van der Waals surface area contributed by atoms with E-state index >= 15 is 0 Å². The molecule has 0 radical (unpaired) electrons. The molecule has 4 rings (SSSR count). The predicted octanol–water partition coefficient (Wildman–Crippen LogP) is 1.22. The molecule has 4 heterocycles. The average Bonchev–Trinajstić information content (AvgIpc) is 2.70. The summed E-state index contributed by atoms with van der Waals surface area (Å²) in [6, 6.07) is 0. The number of ether oxygens (including phenoxy) is 1. The second kappa shape index (κ2) is 8.87. The zero-order valence-electron chi connectivity index (χ0n) is 15.9. The van der Waals surface area contributed by atoms with Gasteiger partial charge in [0.1, 0.15) is 0 Å². The van der Waals surface area contributed by atoms with Crippen LogP contribution in [0, 0.1) is 0 Å². The minimum atomic E-state index is 0.150. The van der Waals surface area contributed by atoms with Crippen molar-refractivity contribution in [2.45, 2.75) is 0 Å². The van der Waals surface area contributed by atoms with Crippen molar-refractivity contribution in [3.63, 3.8) is 0 Å². The lowest BCUT2D eigenvalue weighted by Crippen LogP contribution is -2.45. The molecule has 2 aromatic rings. The van der Waals surface area contributed by atoms with Crippen molar-refractivity contribution >= 4 is 46.1 Å². The highest BCUT2D eigenvalue weighted by Crippen LogP contribution is 2.26. The Morgan fingerprint density at radius 1 is 0.929 bits per heavy atom. The molecule has 0 unspecified atom stereocenters. The quantitative estimate of drug-likeness (QED) is 0.758. The van der Waals surface area contributed by atoms with Gasteiger partial charge < -0.3 is 19.9 Å². The fourth-order valence-corrected chi connectivity index (χ4v) is 3.57. The molecule has 2 aliphatic heterocycles. The minimum Gasteiger partial charge on any atom is -0.379 e. The number of halogens is 2. The smallest absolute Gasteiger partial charge is 0.229 e. The summed E-state index contributed by atoms with van der Waals surface area (Å²) in [5, 5.41) is 3.70. The Hall–Kier alpha value is -1.52. The summed E-state index contributed by atoms with van der Waals surface area (Å²) < 4.78 is 5.40. The molecule has 11 heteroatoms. The van der Waals surface area contributed by atoms with Crippen LogP contribution in [-0.4, -0.2) is 102 Å². The molecular weight excluding hydrogens is 403 g/mol. The molecule has 2 aliphatic rings. The fourth-order valence-electron chi connectivity index (χ4n) is 3.32. The molecule has 0 spiro atoms. The first-order chi connectivity index (χ1) is 13.6. The number of fused-ring (bicyclic) bond motifs is 1. The Morgan fingerprint density at radius 3 is 2.39 bits per heavy atom. The van der Waals surface area contributed by atoms with Crippen molar-refractivity contribution in [1.82, 2.24) is 29.7 Å². The van der Waals surface area contributed by atoms with Crippen molar-refractivity contribution in [1.29, 1.82) is 0 Å². The Labute approximate surface area is 174 Å². The molecule has 2 fully saturated rings. The molecule has 0 saturated carbocycles. The highest BCUT2D eigenvalue weighted by molar-refractivity contribution is 6.40. The molecule has 0 aliphatic carbocycles. The van der Waals surface area contributed by atoms with Gasteiger partial charge in [-0.2, -0.15) is 9.97 Å². The number of aromatic nitrogens is 4. The first kappa shape index (κ1) is 19.8. The molecule has 0 amide bonds. The van der Waals surface area contributed by atoms with Crippen molar-refractivity contribution in [3.8, 4) is 0 Å². The summed E-state index contributed by atoms with van der Waals surface area (Å²) in [5.74, 6) is 1.28. The molecule has 0 atom stereocenters. The van der Waals surface area contributed by atoms with Crippen LogP contribution in [0.2, 0.25) is 10.3 Å². The van der Waals surface area contributed by atoms with E-state index < -0.39 is 0 Å². The molecule has 152 valence electrons. The predicted molar refractivity (Wildman–Crippen MR) is 111 cm³/mol. The normalized spacial score (nSPS) is 19.3. The van der Waals surface area contributed by atoms with Gasteiger partial charge in [-0.05, 0) is 7.05 Å². The number of rotatable bonds is 5. The summed E-state index contributed by atoms with van der Waals surface area (Å²) in [7, 11) is 2.12. The van der Waals surface area contributed by atoms with Crippen LogP contribution in [0.25, 0.3) is 11.2 Å². The van der Waals surface area contributed by atoms with Crippen molar-refractivity contribution in [2.24, 2.45) is 0 Å². The monoisotopic (exact) mass is 426 g/mol. The maximum absolute atomic E-state index is 6.09. The van der Waals surface area contributed by atoms with Crippen LogP contribution >= 0.6 is 23.2 Å². The first-order valence-corrected chi connectivity index (χ1v) is 10.2. The SMILES string of the molecule is CN1CCN(c2nc(NCCN3CCOCC3)c3nc(Cl)c(Cl)nc3n2)CC1. The molecule has 0 aromatic carbocycles. The Balaban J connectivity index is 1.57. The van der Waals surface area contributed by atoms with E-state index in [1.807, 2.05) is 0 Å². The molecule has 1 N–H and O–H groups in total. The first-order valence-electron chi connectivity index (χ1n) is 9.48. The standard InChI is InChI=1S/C17H24Cl2N8O/c1-25-4-6-27(7-5-25)17-23-15(20-2-3-26-8-10-28-11-9-26)12-16(24-17)22-14(19)13(18)21-12/h2-11H2,1H3,(H,20,22,23,24). The zero-order valence-corrected chi connectivity index (χ0v) is 17.4. The average molecular weight is 427 g/mol. The minimum absolute atomic E-state index is 0.150. The molecular formula is C17H24Cl2N8O. The summed E-state index contributed by atoms with van der Waals surface area (Å²) in [6.45, 7) is 8.74. The van der Waals surface area contributed by atoms with E-state index in [4.69, 9.17) is 32.9 Å². The second-order valence-corrected chi connectivity index (χ2v) is 7.74. The third kappa shape index (κ3) is 4.55. The van der Waals surface area contributed by atoms with Gasteiger partial charge in [0.15, 0.2) is 27.3 Å². The van der Waals surface area contributed by atoms with Gasteiger partial charge in [0.05, 0.1) is 13.2 Å². The third-order valence-corrected chi connectivity index (χ3v) is 5.67. The Bertz CT molecular complexity index is 824. The van der Waals surface area contributed by atoms with E-state index in [9.17, 15) is 0 Å². The molecule has 9 nitrogen and oxygen atoms in total. The number of anilines is 2. The van der Waals surface area contributed by atoms with Crippen LogP contribution in [-0.2, 0) is 4.74 Å². The van der Waals surface area contributed by atoms with Gasteiger partial charge in [0.25, 0.3) is 0 Å². The van der Waals surface area contributed by atoms with Crippen LogP contribution in [0.15, 0.2) is 0 Å². The third-order valence-electron chi connectivity index (χ3n) is 5.05. The number of morpholine rings is 1. The lowest BCUT2D eigenvalue weighted by Gasteiger charge is -2.32. The maximum atomic E-state index is 6.09. The number of piperazine rings is 1. The molecule has 2 aromatic heterocycles.